The van der Waals surface area contributed by atoms with Crippen LogP contribution in [-0.4, -0.2) is 41.9 Å². The van der Waals surface area contributed by atoms with Gasteiger partial charge in [-0.2, -0.15) is 0 Å². The van der Waals surface area contributed by atoms with E-state index in [4.69, 9.17) is 0 Å². The minimum atomic E-state index is 0.0857. The van der Waals surface area contributed by atoms with Crippen LogP contribution in [0.1, 0.15) is 48.8 Å². The summed E-state index contributed by atoms with van der Waals surface area (Å²) >= 11 is 3.49. The molecule has 2 aliphatic heterocycles. The minimum Gasteiger partial charge on any atom is -0.352 e. The van der Waals surface area contributed by atoms with Crippen LogP contribution >= 0.6 is 15.9 Å². The van der Waals surface area contributed by atoms with Crippen molar-refractivity contribution >= 4 is 21.8 Å². The summed E-state index contributed by atoms with van der Waals surface area (Å²) in [5, 5.41) is 3.18. The maximum absolute atomic E-state index is 12.8. The van der Waals surface area contributed by atoms with Crippen molar-refractivity contribution in [3.8, 4) is 0 Å². The van der Waals surface area contributed by atoms with Crippen molar-refractivity contribution in [1.29, 1.82) is 0 Å². The maximum Gasteiger partial charge on any atom is 0.224 e. The molecule has 0 bridgehead atoms. The minimum absolute atomic E-state index is 0.0857. The maximum atomic E-state index is 12.8. The summed E-state index contributed by atoms with van der Waals surface area (Å²) in [5.41, 5.74) is 3.85. The molecule has 5 heteroatoms. The molecule has 2 fully saturated rings. The fraction of sp³-hybridized carbons (Fsp3) is 0.500. The van der Waals surface area contributed by atoms with Crippen molar-refractivity contribution in [3.05, 3.63) is 69.7 Å². The molecule has 4 nitrogen and oxygen atoms in total. The highest BCUT2D eigenvalue weighted by Gasteiger charge is 2.25. The molecule has 166 valence electrons. The lowest BCUT2D eigenvalue weighted by molar-refractivity contribution is -0.126. The summed E-state index contributed by atoms with van der Waals surface area (Å²) in [6, 6.07) is 17.3. The van der Waals surface area contributed by atoms with Crippen LogP contribution in [0, 0.1) is 5.92 Å². The van der Waals surface area contributed by atoms with E-state index in [1.165, 1.54) is 49.0 Å². The van der Waals surface area contributed by atoms with Gasteiger partial charge in [0.2, 0.25) is 5.91 Å². The summed E-state index contributed by atoms with van der Waals surface area (Å²) in [6.45, 7) is 6.93. The Morgan fingerprint density at radius 2 is 1.39 bits per heavy atom. The van der Waals surface area contributed by atoms with Crippen LogP contribution in [-0.2, 0) is 24.4 Å². The number of likely N-dealkylation sites (tertiary alicyclic amines) is 2. The van der Waals surface area contributed by atoms with E-state index in [1.54, 1.807) is 0 Å². The first-order valence-electron chi connectivity index (χ1n) is 11.7. The van der Waals surface area contributed by atoms with E-state index in [0.29, 0.717) is 6.54 Å². The zero-order valence-electron chi connectivity index (χ0n) is 18.4. The fourth-order valence-electron chi connectivity index (χ4n) is 4.73. The highest BCUT2D eigenvalue weighted by Crippen LogP contribution is 2.20. The largest absolute Gasteiger partial charge is 0.352 e. The Hall–Kier alpha value is -1.69. The van der Waals surface area contributed by atoms with Gasteiger partial charge in [0.05, 0.1) is 5.92 Å². The SMILES string of the molecule is O=C(NCc1ccc(CN2CCCCC2)cc1)C1CCCN(Cc2ccc(Br)cc2)C1. The molecule has 0 spiro atoms. The Bertz CT molecular complexity index is 831. The molecule has 1 N–H and O–H groups in total. The molecule has 1 amide bonds. The Kier molecular flexibility index (Phi) is 8.17. The highest BCUT2D eigenvalue weighted by atomic mass is 79.9. The van der Waals surface area contributed by atoms with Gasteiger partial charge in [0.1, 0.15) is 0 Å². The first-order valence-corrected chi connectivity index (χ1v) is 12.5. The van der Waals surface area contributed by atoms with Gasteiger partial charge < -0.3 is 5.32 Å². The summed E-state index contributed by atoms with van der Waals surface area (Å²) in [4.78, 5) is 17.7. The van der Waals surface area contributed by atoms with Crippen LogP contribution in [0.25, 0.3) is 0 Å². The summed E-state index contributed by atoms with van der Waals surface area (Å²) in [5.74, 6) is 0.278. The zero-order valence-corrected chi connectivity index (χ0v) is 19.9. The molecule has 0 aliphatic carbocycles. The average molecular weight is 484 g/mol. The molecule has 2 aromatic carbocycles. The molecule has 0 aromatic heterocycles. The third-order valence-electron chi connectivity index (χ3n) is 6.54. The third kappa shape index (κ3) is 6.90. The van der Waals surface area contributed by atoms with Crippen LogP contribution in [0.4, 0.5) is 0 Å². The lowest BCUT2D eigenvalue weighted by Gasteiger charge is -2.32. The Labute approximate surface area is 195 Å². The van der Waals surface area contributed by atoms with Gasteiger partial charge in [-0.25, -0.2) is 0 Å². The zero-order chi connectivity index (χ0) is 21.5. The van der Waals surface area contributed by atoms with E-state index in [0.717, 1.165) is 43.5 Å². The van der Waals surface area contributed by atoms with E-state index in [2.05, 4.69) is 79.6 Å². The van der Waals surface area contributed by atoms with Crippen LogP contribution < -0.4 is 5.32 Å². The number of halogens is 1. The van der Waals surface area contributed by atoms with Crippen LogP contribution in [0.2, 0.25) is 0 Å². The number of carbonyl (C=O) groups excluding carboxylic acids is 1. The predicted octanol–water partition coefficient (Wildman–Crippen LogP) is 4.96. The molecule has 2 heterocycles. The second-order valence-electron chi connectivity index (χ2n) is 9.07. The lowest BCUT2D eigenvalue weighted by Crippen LogP contribution is -2.42. The summed E-state index contributed by atoms with van der Waals surface area (Å²) in [6.07, 6.45) is 6.09. The van der Waals surface area contributed by atoms with Gasteiger partial charge in [-0.05, 0) is 74.1 Å². The molecule has 2 saturated heterocycles. The number of hydrogen-bond acceptors (Lipinski definition) is 3. The van der Waals surface area contributed by atoms with Gasteiger partial charge in [-0.1, -0.05) is 58.7 Å². The molecule has 4 rings (SSSR count). The smallest absolute Gasteiger partial charge is 0.224 e. The molecule has 31 heavy (non-hydrogen) atoms. The van der Waals surface area contributed by atoms with E-state index < -0.39 is 0 Å². The standard InChI is InChI=1S/C26H34BrN3O/c27-25-12-10-23(11-13-25)19-30-16-4-5-24(20-30)26(31)28-17-21-6-8-22(9-7-21)18-29-14-2-1-3-15-29/h6-13,24H,1-5,14-20H2,(H,28,31). The van der Waals surface area contributed by atoms with Crippen molar-refractivity contribution in [1.82, 2.24) is 15.1 Å². The summed E-state index contributed by atoms with van der Waals surface area (Å²) in [7, 11) is 0. The molecular weight excluding hydrogens is 450 g/mol. The van der Waals surface area contributed by atoms with Crippen molar-refractivity contribution in [2.45, 2.75) is 51.7 Å². The third-order valence-corrected chi connectivity index (χ3v) is 7.07. The molecule has 0 saturated carbocycles. The monoisotopic (exact) mass is 483 g/mol. The van der Waals surface area contributed by atoms with Gasteiger partial charge in [0, 0.05) is 30.7 Å². The number of amides is 1. The topological polar surface area (TPSA) is 35.6 Å². The second kappa shape index (κ2) is 11.3. The van der Waals surface area contributed by atoms with E-state index in [9.17, 15) is 4.79 Å². The van der Waals surface area contributed by atoms with Gasteiger partial charge >= 0.3 is 0 Å². The van der Waals surface area contributed by atoms with Crippen molar-refractivity contribution in [3.63, 3.8) is 0 Å². The van der Waals surface area contributed by atoms with Crippen LogP contribution in [0.3, 0.4) is 0 Å². The van der Waals surface area contributed by atoms with Gasteiger partial charge in [0.25, 0.3) is 0 Å². The number of nitrogens with one attached hydrogen (secondary N) is 1. The summed E-state index contributed by atoms with van der Waals surface area (Å²) < 4.78 is 1.10. The van der Waals surface area contributed by atoms with Crippen molar-refractivity contribution in [2.24, 2.45) is 5.92 Å². The number of benzene rings is 2. The normalized spacial score (nSPS) is 20.5. The Morgan fingerprint density at radius 1 is 0.806 bits per heavy atom. The number of carbonyl (C=O) groups is 1. The predicted molar refractivity (Wildman–Crippen MR) is 130 cm³/mol. The first-order chi connectivity index (χ1) is 15.2. The second-order valence-corrected chi connectivity index (χ2v) is 9.99. The lowest BCUT2D eigenvalue weighted by atomic mass is 9.96. The van der Waals surface area contributed by atoms with Crippen molar-refractivity contribution in [2.75, 3.05) is 26.2 Å². The number of piperidine rings is 2. The van der Waals surface area contributed by atoms with Gasteiger partial charge in [-0.15, -0.1) is 0 Å². The van der Waals surface area contributed by atoms with Crippen molar-refractivity contribution < 1.29 is 4.79 Å². The van der Waals surface area contributed by atoms with Crippen LogP contribution in [0.5, 0.6) is 0 Å². The van der Waals surface area contributed by atoms with E-state index in [-0.39, 0.29) is 11.8 Å². The highest BCUT2D eigenvalue weighted by molar-refractivity contribution is 9.10. The fourth-order valence-corrected chi connectivity index (χ4v) is 5.00. The first kappa shape index (κ1) is 22.5. The Balaban J connectivity index is 1.22. The van der Waals surface area contributed by atoms with E-state index in [1.807, 2.05) is 0 Å². The van der Waals surface area contributed by atoms with Gasteiger partial charge in [0.15, 0.2) is 0 Å². The number of rotatable bonds is 7. The van der Waals surface area contributed by atoms with E-state index >= 15 is 0 Å². The molecule has 0 radical (unpaired) electrons. The molecule has 2 aromatic rings. The van der Waals surface area contributed by atoms with Gasteiger partial charge in [-0.3, -0.25) is 14.6 Å². The molecular formula is C26H34BrN3O. The average Bonchev–Trinajstić information content (AvgIpc) is 2.81. The Morgan fingerprint density at radius 3 is 2.10 bits per heavy atom. The number of nitrogens with zero attached hydrogens (tertiary/aromatic N) is 2. The molecule has 2 aliphatic rings. The molecule has 1 atom stereocenters. The number of hydrogen-bond donors (Lipinski definition) is 1. The quantitative estimate of drug-likeness (QED) is 0.603. The van der Waals surface area contributed by atoms with Crippen LogP contribution in [0.15, 0.2) is 53.0 Å². The molecule has 1 unspecified atom stereocenters.